The molecule has 5 aliphatic rings. The van der Waals surface area contributed by atoms with Gasteiger partial charge in [0.05, 0.1) is 6.61 Å². The van der Waals surface area contributed by atoms with Crippen LogP contribution in [0.1, 0.15) is 106 Å². The van der Waals surface area contributed by atoms with E-state index in [1.54, 1.807) is 14.2 Å². The molecule has 10 atom stereocenters. The minimum Gasteiger partial charge on any atom is -0.463 e. The van der Waals surface area contributed by atoms with Crippen LogP contribution in [0.25, 0.3) is 0 Å². The predicted octanol–water partition coefficient (Wildman–Crippen LogP) is 7.39. The van der Waals surface area contributed by atoms with Crippen molar-refractivity contribution in [3.8, 4) is 0 Å². The molecular formula is C36H58O6. The van der Waals surface area contributed by atoms with E-state index in [4.69, 9.17) is 18.9 Å². The third-order valence-corrected chi connectivity index (χ3v) is 14.5. The van der Waals surface area contributed by atoms with Gasteiger partial charge >= 0.3 is 11.9 Å². The Labute approximate surface area is 255 Å². The first-order valence-corrected chi connectivity index (χ1v) is 16.7. The van der Waals surface area contributed by atoms with Crippen LogP contribution in [0.3, 0.4) is 0 Å². The number of hydrogen-bond donors (Lipinski definition) is 0. The smallest absolute Gasteiger partial charge is 0.332 e. The number of allylic oxidation sites excluding steroid dienone is 1. The summed E-state index contributed by atoms with van der Waals surface area (Å²) >= 11 is 0. The Morgan fingerprint density at radius 2 is 1.45 bits per heavy atom. The van der Waals surface area contributed by atoms with Crippen LogP contribution in [-0.2, 0) is 28.5 Å². The predicted molar refractivity (Wildman–Crippen MR) is 164 cm³/mol. The topological polar surface area (TPSA) is 71.1 Å². The SMILES string of the molecule is C=C(C)[C@@H]1CC[C@]2(COC(=O)COC)CC[C@]3(C)[C@H](CC[C@@H]4[C@@]5(C)CC[C@H](OC(=O)COC)C(C)(C)[C@@H]5CC[C@]43C)[C@@H]12. The molecule has 5 fully saturated rings. The lowest BCUT2D eigenvalue weighted by atomic mass is 9.32. The Morgan fingerprint density at radius 3 is 2.12 bits per heavy atom. The van der Waals surface area contributed by atoms with Gasteiger partial charge in [-0.2, -0.15) is 0 Å². The lowest BCUT2D eigenvalue weighted by Gasteiger charge is -2.73. The van der Waals surface area contributed by atoms with Crippen LogP contribution in [0.15, 0.2) is 12.2 Å². The molecule has 6 nitrogen and oxygen atoms in total. The third-order valence-electron chi connectivity index (χ3n) is 14.5. The largest absolute Gasteiger partial charge is 0.463 e. The Kier molecular flexibility index (Phi) is 8.53. The van der Waals surface area contributed by atoms with Gasteiger partial charge in [0.25, 0.3) is 0 Å². The van der Waals surface area contributed by atoms with Gasteiger partial charge in [-0.15, -0.1) is 0 Å². The van der Waals surface area contributed by atoms with Crippen molar-refractivity contribution >= 4 is 11.9 Å². The van der Waals surface area contributed by atoms with E-state index in [0.717, 1.165) is 32.1 Å². The first-order chi connectivity index (χ1) is 19.7. The number of carbonyl (C=O) groups excluding carboxylic acids is 2. The molecule has 6 heteroatoms. The maximum Gasteiger partial charge on any atom is 0.332 e. The molecule has 0 aromatic carbocycles. The van der Waals surface area contributed by atoms with E-state index in [1.165, 1.54) is 37.7 Å². The van der Waals surface area contributed by atoms with Crippen molar-refractivity contribution in [2.75, 3.05) is 34.0 Å². The summed E-state index contributed by atoms with van der Waals surface area (Å²) in [5.74, 6) is 2.31. The van der Waals surface area contributed by atoms with E-state index >= 15 is 0 Å². The molecule has 5 aliphatic carbocycles. The standard InChI is InChI=1S/C36H58O6/c1-23(2)24-12-17-36(22-41-29(37)20-39-8)19-18-34(6)25(31(24)36)10-11-27-33(5)15-14-28(42-30(38)21-40-9)32(3,4)26(33)13-16-35(27,34)7/h24-28,31H,1,10-22H2,2-9H3/t24-,25+,26-,27+,28-,31+,33-,34+,35+,36+/m0/s1. The summed E-state index contributed by atoms with van der Waals surface area (Å²) in [6, 6.07) is 0. The number of hydrogen-bond acceptors (Lipinski definition) is 6. The fourth-order valence-electron chi connectivity index (χ4n) is 12.4. The molecule has 0 unspecified atom stereocenters. The van der Waals surface area contributed by atoms with Gasteiger partial charge in [-0.05, 0) is 117 Å². The molecule has 0 bridgehead atoms. The third kappa shape index (κ3) is 4.71. The minimum absolute atomic E-state index is 0.0219. The number of rotatable bonds is 8. The van der Waals surface area contributed by atoms with Crippen molar-refractivity contribution in [2.45, 2.75) is 112 Å². The molecule has 5 saturated carbocycles. The average molecular weight is 587 g/mol. The van der Waals surface area contributed by atoms with Gasteiger partial charge in [0, 0.05) is 25.0 Å². The van der Waals surface area contributed by atoms with Crippen LogP contribution >= 0.6 is 0 Å². The van der Waals surface area contributed by atoms with E-state index in [0.29, 0.717) is 36.2 Å². The second kappa shape index (κ2) is 11.2. The molecule has 42 heavy (non-hydrogen) atoms. The monoisotopic (exact) mass is 586 g/mol. The van der Waals surface area contributed by atoms with Gasteiger partial charge in [-0.3, -0.25) is 0 Å². The van der Waals surface area contributed by atoms with Gasteiger partial charge in [0.2, 0.25) is 0 Å². The van der Waals surface area contributed by atoms with Gasteiger partial charge in [-0.1, -0.05) is 46.8 Å². The quantitative estimate of drug-likeness (QED) is 0.218. The van der Waals surface area contributed by atoms with Crippen molar-refractivity contribution in [1.29, 1.82) is 0 Å². The fraction of sp³-hybridized carbons (Fsp3) is 0.889. The molecule has 0 aliphatic heterocycles. The molecule has 0 radical (unpaired) electrons. The van der Waals surface area contributed by atoms with Crippen LogP contribution in [0.4, 0.5) is 0 Å². The van der Waals surface area contributed by atoms with E-state index in [2.05, 4.69) is 48.1 Å². The molecule has 0 aromatic rings. The molecule has 0 aromatic heterocycles. The molecule has 5 rings (SSSR count). The zero-order valence-electron chi connectivity index (χ0n) is 27.8. The fourth-order valence-corrected chi connectivity index (χ4v) is 12.4. The maximum atomic E-state index is 12.4. The number of methoxy groups -OCH3 is 2. The molecule has 238 valence electrons. The van der Waals surface area contributed by atoms with Gasteiger partial charge < -0.3 is 18.9 Å². The summed E-state index contributed by atoms with van der Waals surface area (Å²) in [6.07, 6.45) is 11.5. The Morgan fingerprint density at radius 1 is 0.762 bits per heavy atom. The molecule has 0 spiro atoms. The van der Waals surface area contributed by atoms with Crippen LogP contribution in [0.2, 0.25) is 0 Å². The summed E-state index contributed by atoms with van der Waals surface area (Å²) in [5, 5.41) is 0. The maximum absolute atomic E-state index is 12.4. The number of carbonyl (C=O) groups is 2. The number of ether oxygens (including phenoxy) is 4. The summed E-state index contributed by atoms with van der Waals surface area (Å²) in [5.41, 5.74) is 1.99. The van der Waals surface area contributed by atoms with Crippen LogP contribution in [0.5, 0.6) is 0 Å². The highest BCUT2D eigenvalue weighted by Crippen LogP contribution is 2.77. The van der Waals surface area contributed by atoms with Crippen molar-refractivity contribution in [3.63, 3.8) is 0 Å². The molecule has 0 heterocycles. The van der Waals surface area contributed by atoms with Crippen molar-refractivity contribution in [2.24, 2.45) is 56.7 Å². The van der Waals surface area contributed by atoms with Crippen LogP contribution in [-0.4, -0.2) is 52.1 Å². The minimum atomic E-state index is -0.245. The Bertz CT molecular complexity index is 1070. The zero-order chi connectivity index (χ0) is 30.7. The number of fused-ring (bicyclic) bond motifs is 7. The number of esters is 2. The average Bonchev–Trinajstić information content (AvgIpc) is 3.30. The van der Waals surface area contributed by atoms with E-state index in [-0.39, 0.29) is 58.3 Å². The van der Waals surface area contributed by atoms with Crippen LogP contribution < -0.4 is 0 Å². The molecular weight excluding hydrogens is 528 g/mol. The van der Waals surface area contributed by atoms with Crippen molar-refractivity contribution in [3.05, 3.63) is 12.2 Å². The summed E-state index contributed by atoms with van der Waals surface area (Å²) in [4.78, 5) is 24.8. The van der Waals surface area contributed by atoms with Crippen molar-refractivity contribution in [1.82, 2.24) is 0 Å². The van der Waals surface area contributed by atoms with E-state index in [1.807, 2.05) is 0 Å². The van der Waals surface area contributed by atoms with Gasteiger partial charge in [-0.25, -0.2) is 9.59 Å². The summed E-state index contributed by atoms with van der Waals surface area (Å²) in [7, 11) is 3.10. The molecule has 0 amide bonds. The first-order valence-electron chi connectivity index (χ1n) is 16.7. The zero-order valence-corrected chi connectivity index (χ0v) is 27.8. The van der Waals surface area contributed by atoms with Crippen molar-refractivity contribution < 1.29 is 28.5 Å². The summed E-state index contributed by atoms with van der Waals surface area (Å²) < 4.78 is 22.1. The Hall–Kier alpha value is -1.40. The second-order valence-corrected chi connectivity index (χ2v) is 16.4. The molecule has 0 saturated heterocycles. The highest BCUT2D eigenvalue weighted by Gasteiger charge is 2.71. The second-order valence-electron chi connectivity index (χ2n) is 16.4. The van der Waals surface area contributed by atoms with E-state index < -0.39 is 0 Å². The highest BCUT2D eigenvalue weighted by atomic mass is 16.6. The van der Waals surface area contributed by atoms with E-state index in [9.17, 15) is 9.59 Å². The lowest BCUT2D eigenvalue weighted by Crippen LogP contribution is -2.67. The van der Waals surface area contributed by atoms with Gasteiger partial charge in [0.1, 0.15) is 19.3 Å². The molecule has 0 N–H and O–H groups in total. The lowest BCUT2D eigenvalue weighted by molar-refractivity contribution is -0.252. The Balaban J connectivity index is 1.44. The van der Waals surface area contributed by atoms with Gasteiger partial charge in [0.15, 0.2) is 0 Å². The first kappa shape index (κ1) is 32.0. The van der Waals surface area contributed by atoms with Crippen LogP contribution in [0, 0.1) is 56.7 Å². The normalized spacial score (nSPS) is 45.5. The highest BCUT2D eigenvalue weighted by molar-refractivity contribution is 5.71. The summed E-state index contributed by atoms with van der Waals surface area (Å²) in [6.45, 7) is 19.9.